The summed E-state index contributed by atoms with van der Waals surface area (Å²) in [6.45, 7) is 4.26. The molecule has 2 aromatic rings. The van der Waals surface area contributed by atoms with Gasteiger partial charge in [0.25, 0.3) is 0 Å². The van der Waals surface area contributed by atoms with E-state index in [1.807, 2.05) is 0 Å². The number of hydrogen-bond donors (Lipinski definition) is 2. The van der Waals surface area contributed by atoms with Crippen LogP contribution in [0.4, 0.5) is 0 Å². The Morgan fingerprint density at radius 1 is 1.29 bits per heavy atom. The number of hydrogen-bond acceptors (Lipinski definition) is 1. The molecule has 0 radical (unpaired) electrons. The average Bonchev–Trinajstić information content (AvgIpc) is 3.25. The molecule has 3 rings (SSSR count). The van der Waals surface area contributed by atoms with Gasteiger partial charge in [-0.05, 0) is 36.1 Å². The molecule has 3 N–H and O–H groups in total. The summed E-state index contributed by atoms with van der Waals surface area (Å²) in [6, 6.07) is 15.9. The van der Waals surface area contributed by atoms with E-state index in [0.717, 1.165) is 12.8 Å². The summed E-state index contributed by atoms with van der Waals surface area (Å²) in [5.74, 6) is 1.10. The number of nitrogens with zero attached hydrogens (tertiary/aromatic N) is 1. The first-order valence-electron chi connectivity index (χ1n) is 7.76. The molecular formula is C18H23N3. The lowest BCUT2D eigenvalue weighted by Gasteiger charge is -2.11. The number of rotatable bonds is 4. The van der Waals surface area contributed by atoms with Crippen LogP contribution < -0.4 is 11.1 Å². The van der Waals surface area contributed by atoms with Crippen LogP contribution in [-0.2, 0) is 0 Å². The molecular weight excluding hydrogens is 258 g/mol. The Morgan fingerprint density at radius 3 is 2.81 bits per heavy atom. The lowest BCUT2D eigenvalue weighted by Crippen LogP contribution is -2.38. The normalized spacial score (nSPS) is 23.0. The fourth-order valence-corrected chi connectivity index (χ4v) is 2.69. The van der Waals surface area contributed by atoms with E-state index < -0.39 is 0 Å². The Morgan fingerprint density at radius 2 is 2.05 bits per heavy atom. The van der Waals surface area contributed by atoms with Crippen molar-refractivity contribution >= 4 is 16.7 Å². The minimum Gasteiger partial charge on any atom is -0.370 e. The summed E-state index contributed by atoms with van der Waals surface area (Å²) >= 11 is 0. The van der Waals surface area contributed by atoms with E-state index in [2.05, 4.69) is 66.6 Å². The van der Waals surface area contributed by atoms with Crippen molar-refractivity contribution in [2.45, 2.75) is 44.7 Å². The second-order valence-corrected chi connectivity index (χ2v) is 5.98. The van der Waals surface area contributed by atoms with Crippen LogP contribution in [0.15, 0.2) is 47.5 Å². The van der Waals surface area contributed by atoms with Crippen LogP contribution in [-0.4, -0.2) is 18.0 Å². The molecule has 0 bridgehead atoms. The van der Waals surface area contributed by atoms with E-state index >= 15 is 0 Å². The monoisotopic (exact) mass is 281 g/mol. The first-order valence-corrected chi connectivity index (χ1v) is 7.76. The molecule has 0 saturated heterocycles. The second kappa shape index (κ2) is 5.76. The predicted molar refractivity (Wildman–Crippen MR) is 89.6 cm³/mol. The Balaban J connectivity index is 1.70. The van der Waals surface area contributed by atoms with Crippen molar-refractivity contribution in [3.05, 3.63) is 48.0 Å². The van der Waals surface area contributed by atoms with E-state index in [9.17, 15) is 0 Å². The van der Waals surface area contributed by atoms with E-state index in [1.165, 1.54) is 16.3 Å². The highest BCUT2D eigenvalue weighted by Crippen LogP contribution is 2.44. The van der Waals surface area contributed by atoms with E-state index in [-0.39, 0.29) is 0 Å². The standard InChI is InChI=1S/C18H23N3/c1-3-12(2)20-18(19)21-17-11-16(17)15-9-8-13-6-4-5-7-14(13)10-15/h4-10,12,16-17H,3,11H2,1-2H3,(H3,19,20,21)/t12?,16-,17+/m0/s1. The van der Waals surface area contributed by atoms with Crippen molar-refractivity contribution in [2.24, 2.45) is 10.7 Å². The van der Waals surface area contributed by atoms with Gasteiger partial charge in [-0.15, -0.1) is 0 Å². The van der Waals surface area contributed by atoms with Crippen LogP contribution in [0, 0.1) is 0 Å². The molecule has 1 saturated carbocycles. The zero-order valence-electron chi connectivity index (χ0n) is 12.7. The maximum Gasteiger partial charge on any atom is 0.189 e. The van der Waals surface area contributed by atoms with E-state index in [0.29, 0.717) is 24.0 Å². The molecule has 1 unspecified atom stereocenters. The third-order valence-electron chi connectivity index (χ3n) is 4.27. The summed E-state index contributed by atoms with van der Waals surface area (Å²) < 4.78 is 0. The average molecular weight is 281 g/mol. The van der Waals surface area contributed by atoms with Crippen molar-refractivity contribution in [3.63, 3.8) is 0 Å². The van der Waals surface area contributed by atoms with E-state index in [4.69, 9.17) is 5.73 Å². The van der Waals surface area contributed by atoms with Gasteiger partial charge < -0.3 is 11.1 Å². The molecule has 21 heavy (non-hydrogen) atoms. The number of nitrogens with two attached hydrogens (primary N) is 1. The molecule has 0 spiro atoms. The Hall–Kier alpha value is -2.03. The molecule has 2 aromatic carbocycles. The fraction of sp³-hybridized carbons (Fsp3) is 0.389. The van der Waals surface area contributed by atoms with E-state index in [1.54, 1.807) is 0 Å². The molecule has 0 heterocycles. The third-order valence-corrected chi connectivity index (χ3v) is 4.27. The number of benzene rings is 2. The summed E-state index contributed by atoms with van der Waals surface area (Å²) in [4.78, 5) is 4.60. The molecule has 0 amide bonds. The minimum absolute atomic E-state index is 0.336. The van der Waals surface area contributed by atoms with Crippen LogP contribution in [0.25, 0.3) is 10.8 Å². The SMILES string of the molecule is CCC(C)NC(N)=N[C@@H]1C[C@H]1c1ccc2ccccc2c1. The molecule has 3 heteroatoms. The molecule has 1 aliphatic rings. The highest BCUT2D eigenvalue weighted by Gasteiger charge is 2.38. The van der Waals surface area contributed by atoms with Crippen molar-refractivity contribution in [2.75, 3.05) is 0 Å². The highest BCUT2D eigenvalue weighted by molar-refractivity contribution is 5.83. The van der Waals surface area contributed by atoms with Crippen LogP contribution in [0.5, 0.6) is 0 Å². The van der Waals surface area contributed by atoms with Crippen LogP contribution in [0.3, 0.4) is 0 Å². The van der Waals surface area contributed by atoms with Gasteiger partial charge in [-0.25, -0.2) is 4.99 Å². The highest BCUT2D eigenvalue weighted by atomic mass is 15.1. The predicted octanol–water partition coefficient (Wildman–Crippen LogP) is 3.40. The number of fused-ring (bicyclic) bond motifs is 1. The van der Waals surface area contributed by atoms with Crippen molar-refractivity contribution in [1.29, 1.82) is 0 Å². The van der Waals surface area contributed by atoms with Gasteiger partial charge in [0.1, 0.15) is 0 Å². The Kier molecular flexibility index (Phi) is 3.82. The lowest BCUT2D eigenvalue weighted by molar-refractivity contribution is 0.636. The fourth-order valence-electron chi connectivity index (χ4n) is 2.69. The quantitative estimate of drug-likeness (QED) is 0.666. The lowest BCUT2D eigenvalue weighted by atomic mass is 10.0. The van der Waals surface area contributed by atoms with Crippen LogP contribution in [0.1, 0.15) is 38.2 Å². The summed E-state index contributed by atoms with van der Waals surface area (Å²) in [7, 11) is 0. The third kappa shape index (κ3) is 3.18. The largest absolute Gasteiger partial charge is 0.370 e. The molecule has 1 fully saturated rings. The summed E-state index contributed by atoms with van der Waals surface area (Å²) in [6.07, 6.45) is 2.15. The van der Waals surface area contributed by atoms with Gasteiger partial charge in [-0.3, -0.25) is 0 Å². The van der Waals surface area contributed by atoms with Gasteiger partial charge in [0.05, 0.1) is 6.04 Å². The van der Waals surface area contributed by atoms with Gasteiger partial charge in [0, 0.05) is 12.0 Å². The van der Waals surface area contributed by atoms with Crippen LogP contribution in [0.2, 0.25) is 0 Å². The maximum absolute atomic E-state index is 5.96. The Bertz CT molecular complexity index is 662. The van der Waals surface area contributed by atoms with Gasteiger partial charge in [0.2, 0.25) is 0 Å². The van der Waals surface area contributed by atoms with Crippen molar-refractivity contribution in [3.8, 4) is 0 Å². The molecule has 3 atom stereocenters. The Labute approximate surface area is 126 Å². The van der Waals surface area contributed by atoms with Gasteiger partial charge in [-0.1, -0.05) is 49.4 Å². The number of nitrogens with one attached hydrogen (secondary N) is 1. The summed E-state index contributed by atoms with van der Waals surface area (Å²) in [5, 5.41) is 5.82. The molecule has 110 valence electrons. The molecule has 3 nitrogen and oxygen atoms in total. The van der Waals surface area contributed by atoms with Crippen LogP contribution >= 0.6 is 0 Å². The molecule has 0 aliphatic heterocycles. The molecule has 0 aromatic heterocycles. The maximum atomic E-state index is 5.96. The van der Waals surface area contributed by atoms with Gasteiger partial charge in [-0.2, -0.15) is 0 Å². The smallest absolute Gasteiger partial charge is 0.189 e. The first kappa shape index (κ1) is 13.9. The molecule has 1 aliphatic carbocycles. The van der Waals surface area contributed by atoms with Gasteiger partial charge in [0.15, 0.2) is 5.96 Å². The second-order valence-electron chi connectivity index (χ2n) is 5.98. The minimum atomic E-state index is 0.336. The zero-order valence-corrected chi connectivity index (χ0v) is 12.7. The topological polar surface area (TPSA) is 50.4 Å². The van der Waals surface area contributed by atoms with Crippen molar-refractivity contribution < 1.29 is 0 Å². The van der Waals surface area contributed by atoms with Crippen molar-refractivity contribution in [1.82, 2.24) is 5.32 Å². The first-order chi connectivity index (χ1) is 10.2. The number of guanidine groups is 1. The zero-order chi connectivity index (χ0) is 14.8. The van der Waals surface area contributed by atoms with Gasteiger partial charge >= 0.3 is 0 Å². The number of aliphatic imine (C=N–C) groups is 1. The summed E-state index contributed by atoms with van der Waals surface area (Å²) in [5.41, 5.74) is 7.33.